The maximum Gasteiger partial charge on any atom is 0.171 e. The van der Waals surface area contributed by atoms with Gasteiger partial charge in [-0.25, -0.2) is 8.78 Å². The van der Waals surface area contributed by atoms with E-state index in [2.05, 4.69) is 0 Å². The third-order valence-corrected chi connectivity index (χ3v) is 6.56. The lowest BCUT2D eigenvalue weighted by molar-refractivity contribution is 0.509. The van der Waals surface area contributed by atoms with E-state index in [1.165, 1.54) is 6.07 Å². The standard InChI is InChI=1S/C18H13F2OP/c19-17-12-11-16(13-18(17)20)22(21,14-7-3-1-4-8-14)15-9-5-2-6-10-15/h1-13H. The number of benzene rings is 3. The van der Waals surface area contributed by atoms with Crippen molar-refractivity contribution in [2.24, 2.45) is 0 Å². The van der Waals surface area contributed by atoms with Gasteiger partial charge in [-0.3, -0.25) is 0 Å². The third-order valence-electron chi connectivity index (χ3n) is 3.51. The summed E-state index contributed by atoms with van der Waals surface area (Å²) < 4.78 is 40.7. The van der Waals surface area contributed by atoms with Crippen LogP contribution in [0.5, 0.6) is 0 Å². The predicted molar refractivity (Wildman–Crippen MR) is 85.8 cm³/mol. The topological polar surface area (TPSA) is 17.1 Å². The SMILES string of the molecule is O=P(c1ccccc1)(c1ccccc1)c1ccc(F)c(F)c1. The molecule has 3 aromatic carbocycles. The van der Waals surface area contributed by atoms with E-state index in [0.29, 0.717) is 10.6 Å². The van der Waals surface area contributed by atoms with Crippen molar-refractivity contribution in [2.45, 2.75) is 0 Å². The molecule has 0 aliphatic heterocycles. The molecule has 0 amide bonds. The average molecular weight is 314 g/mol. The molecular weight excluding hydrogens is 301 g/mol. The lowest BCUT2D eigenvalue weighted by Crippen LogP contribution is -2.25. The first-order chi connectivity index (χ1) is 10.6. The molecule has 3 rings (SSSR count). The minimum absolute atomic E-state index is 0.281. The third kappa shape index (κ3) is 2.49. The summed E-state index contributed by atoms with van der Waals surface area (Å²) >= 11 is 0. The van der Waals surface area contributed by atoms with Crippen LogP contribution in [0.1, 0.15) is 0 Å². The first kappa shape index (κ1) is 14.7. The Kier molecular flexibility index (Phi) is 3.91. The lowest BCUT2D eigenvalue weighted by atomic mass is 10.3. The van der Waals surface area contributed by atoms with Crippen LogP contribution in [0.15, 0.2) is 78.9 Å². The van der Waals surface area contributed by atoms with Gasteiger partial charge in [0.1, 0.15) is 0 Å². The minimum Gasteiger partial charge on any atom is -0.309 e. The molecule has 0 heterocycles. The Morgan fingerprint density at radius 2 is 1.09 bits per heavy atom. The Morgan fingerprint density at radius 3 is 1.55 bits per heavy atom. The molecule has 22 heavy (non-hydrogen) atoms. The fraction of sp³-hybridized carbons (Fsp3) is 0. The zero-order chi connectivity index (χ0) is 15.6. The lowest BCUT2D eigenvalue weighted by Gasteiger charge is -2.20. The van der Waals surface area contributed by atoms with Crippen LogP contribution < -0.4 is 15.9 Å². The van der Waals surface area contributed by atoms with Crippen LogP contribution in [0.25, 0.3) is 0 Å². The zero-order valence-electron chi connectivity index (χ0n) is 11.6. The molecule has 0 fully saturated rings. The predicted octanol–water partition coefficient (Wildman–Crippen LogP) is 3.60. The Bertz CT molecular complexity index is 789. The highest BCUT2D eigenvalue weighted by atomic mass is 31.2. The molecule has 0 aliphatic rings. The molecule has 0 N–H and O–H groups in total. The molecule has 110 valence electrons. The summed E-state index contributed by atoms with van der Waals surface area (Å²) in [5, 5.41) is 1.46. The Labute approximate surface area is 127 Å². The molecule has 0 aliphatic carbocycles. The van der Waals surface area contributed by atoms with Gasteiger partial charge in [-0.1, -0.05) is 60.7 Å². The van der Waals surface area contributed by atoms with Crippen LogP contribution in [0, 0.1) is 11.6 Å². The fourth-order valence-corrected chi connectivity index (χ4v) is 5.06. The smallest absolute Gasteiger partial charge is 0.171 e. The first-order valence-corrected chi connectivity index (χ1v) is 8.50. The summed E-state index contributed by atoms with van der Waals surface area (Å²) in [5.41, 5.74) is 0. The largest absolute Gasteiger partial charge is 0.309 e. The molecule has 0 bridgehead atoms. The summed E-state index contributed by atoms with van der Waals surface area (Å²) in [4.78, 5) is 0. The Morgan fingerprint density at radius 1 is 0.591 bits per heavy atom. The van der Waals surface area contributed by atoms with Gasteiger partial charge in [-0.2, -0.15) is 0 Å². The molecule has 0 saturated carbocycles. The minimum atomic E-state index is -3.23. The van der Waals surface area contributed by atoms with Crippen LogP contribution in [-0.2, 0) is 4.57 Å². The quantitative estimate of drug-likeness (QED) is 0.675. The van der Waals surface area contributed by atoms with Gasteiger partial charge in [-0.15, -0.1) is 0 Å². The van der Waals surface area contributed by atoms with Gasteiger partial charge in [0, 0.05) is 15.9 Å². The summed E-state index contributed by atoms with van der Waals surface area (Å²) in [6.07, 6.45) is 0. The van der Waals surface area contributed by atoms with Crippen molar-refractivity contribution in [2.75, 3.05) is 0 Å². The van der Waals surface area contributed by atoms with Crippen molar-refractivity contribution in [3.05, 3.63) is 90.5 Å². The highest BCUT2D eigenvalue weighted by Crippen LogP contribution is 2.42. The van der Waals surface area contributed by atoms with E-state index in [1.54, 1.807) is 48.5 Å². The van der Waals surface area contributed by atoms with Crippen LogP contribution in [-0.4, -0.2) is 0 Å². The van der Waals surface area contributed by atoms with E-state index in [0.717, 1.165) is 12.1 Å². The molecular formula is C18H13F2OP. The fourth-order valence-electron chi connectivity index (χ4n) is 2.40. The maximum atomic E-state index is 13.8. The number of hydrogen-bond acceptors (Lipinski definition) is 1. The van der Waals surface area contributed by atoms with E-state index < -0.39 is 18.8 Å². The molecule has 1 nitrogen and oxygen atoms in total. The summed E-state index contributed by atoms with van der Waals surface area (Å²) in [6, 6.07) is 21.2. The van der Waals surface area contributed by atoms with Gasteiger partial charge in [0.2, 0.25) is 0 Å². The first-order valence-electron chi connectivity index (χ1n) is 6.79. The number of halogens is 2. The van der Waals surface area contributed by atoms with Crippen molar-refractivity contribution < 1.29 is 13.3 Å². The van der Waals surface area contributed by atoms with Crippen molar-refractivity contribution in [3.63, 3.8) is 0 Å². The average Bonchev–Trinajstić information content (AvgIpc) is 2.58. The van der Waals surface area contributed by atoms with Crippen LogP contribution in [0.4, 0.5) is 8.78 Å². The van der Waals surface area contributed by atoms with Crippen LogP contribution in [0.3, 0.4) is 0 Å². The Balaban J connectivity index is 2.28. The molecule has 0 atom stereocenters. The molecule has 0 saturated heterocycles. The Hall–Kier alpha value is -2.25. The highest BCUT2D eigenvalue weighted by molar-refractivity contribution is 7.85. The van der Waals surface area contributed by atoms with Gasteiger partial charge in [0.15, 0.2) is 18.8 Å². The monoisotopic (exact) mass is 314 g/mol. The molecule has 0 radical (unpaired) electrons. The van der Waals surface area contributed by atoms with Crippen molar-refractivity contribution in [3.8, 4) is 0 Å². The zero-order valence-corrected chi connectivity index (χ0v) is 12.5. The summed E-state index contributed by atoms with van der Waals surface area (Å²) in [6.45, 7) is 0. The summed E-state index contributed by atoms with van der Waals surface area (Å²) in [7, 11) is -3.23. The second-order valence-electron chi connectivity index (χ2n) is 4.88. The molecule has 0 aromatic heterocycles. The molecule has 0 spiro atoms. The van der Waals surface area contributed by atoms with Gasteiger partial charge in [0.25, 0.3) is 0 Å². The second-order valence-corrected chi connectivity index (χ2v) is 7.65. The van der Waals surface area contributed by atoms with E-state index in [1.807, 2.05) is 12.1 Å². The van der Waals surface area contributed by atoms with Crippen molar-refractivity contribution in [1.82, 2.24) is 0 Å². The van der Waals surface area contributed by atoms with E-state index in [4.69, 9.17) is 0 Å². The van der Waals surface area contributed by atoms with Gasteiger partial charge in [-0.05, 0) is 18.2 Å². The van der Waals surface area contributed by atoms with Crippen molar-refractivity contribution in [1.29, 1.82) is 0 Å². The second kappa shape index (κ2) is 5.86. The molecule has 4 heteroatoms. The van der Waals surface area contributed by atoms with Gasteiger partial charge >= 0.3 is 0 Å². The highest BCUT2D eigenvalue weighted by Gasteiger charge is 2.30. The van der Waals surface area contributed by atoms with Crippen molar-refractivity contribution >= 4 is 23.1 Å². The van der Waals surface area contributed by atoms with E-state index in [9.17, 15) is 13.3 Å². The molecule has 0 unspecified atom stereocenters. The number of rotatable bonds is 3. The van der Waals surface area contributed by atoms with Crippen LogP contribution >= 0.6 is 7.14 Å². The van der Waals surface area contributed by atoms with Crippen LogP contribution in [0.2, 0.25) is 0 Å². The maximum absolute atomic E-state index is 13.8. The molecule has 3 aromatic rings. The van der Waals surface area contributed by atoms with E-state index >= 15 is 0 Å². The van der Waals surface area contributed by atoms with E-state index in [-0.39, 0.29) is 5.30 Å². The summed E-state index contributed by atoms with van der Waals surface area (Å²) in [5.74, 6) is -1.94. The number of hydrogen-bond donors (Lipinski definition) is 0. The normalized spacial score (nSPS) is 11.4. The van der Waals surface area contributed by atoms with Gasteiger partial charge in [0.05, 0.1) is 0 Å². The van der Waals surface area contributed by atoms with Gasteiger partial charge < -0.3 is 4.57 Å².